The Morgan fingerprint density at radius 1 is 1.42 bits per heavy atom. The van der Waals surface area contributed by atoms with E-state index in [9.17, 15) is 0 Å². The molecule has 1 heterocycles. The average Bonchev–Trinajstić information content (AvgIpc) is 2.49. The minimum Gasteiger partial charge on any atom is -0.488 e. The van der Waals surface area contributed by atoms with Crippen molar-refractivity contribution in [1.29, 1.82) is 0 Å². The molecule has 12 heavy (non-hydrogen) atoms. The van der Waals surface area contributed by atoms with Gasteiger partial charge in [0.15, 0.2) is 5.75 Å². The van der Waals surface area contributed by atoms with E-state index in [0.717, 1.165) is 5.75 Å². The largest absolute Gasteiger partial charge is 0.488 e. The Kier molecular flexibility index (Phi) is 3.67. The number of rotatable bonds is 5. The molecule has 0 aliphatic heterocycles. The number of hydrogen-bond acceptors (Lipinski definition) is 3. The fraction of sp³-hybridized carbons (Fsp3) is 0.556. The molecule has 68 valence electrons. The highest BCUT2D eigenvalue weighted by Gasteiger charge is 1.95. The Hall–Kier alpha value is -0.960. The van der Waals surface area contributed by atoms with E-state index in [1.54, 1.807) is 18.6 Å². The first-order valence-corrected chi connectivity index (χ1v) is 4.05. The van der Waals surface area contributed by atoms with Crippen LogP contribution in [0.1, 0.15) is 13.8 Å². The second-order valence-corrected chi connectivity index (χ2v) is 2.73. The highest BCUT2D eigenvalue weighted by atomic mass is 16.5. The lowest BCUT2D eigenvalue weighted by molar-refractivity contribution is 0.0551. The normalized spacial score (nSPS) is 10.6. The predicted molar refractivity (Wildman–Crippen MR) is 45.3 cm³/mol. The van der Waals surface area contributed by atoms with Gasteiger partial charge in [0.25, 0.3) is 0 Å². The molecule has 0 aliphatic rings. The molecule has 1 aromatic rings. The van der Waals surface area contributed by atoms with E-state index in [1.807, 2.05) is 13.8 Å². The lowest BCUT2D eigenvalue weighted by Gasteiger charge is -2.07. The van der Waals surface area contributed by atoms with Crippen LogP contribution in [0, 0.1) is 0 Å². The van der Waals surface area contributed by atoms with E-state index in [0.29, 0.717) is 13.2 Å². The summed E-state index contributed by atoms with van der Waals surface area (Å²) in [6, 6.07) is 1.77. The number of ether oxygens (including phenoxy) is 2. The maximum atomic E-state index is 5.28. The standard InChI is InChI=1S/C9H14O3/c1-8(2)11-5-6-12-9-3-4-10-7-9/h3-4,7-8H,5-6H2,1-2H3. The molecule has 0 aromatic carbocycles. The summed E-state index contributed by atoms with van der Waals surface area (Å²) < 4.78 is 15.4. The molecule has 0 N–H and O–H groups in total. The second-order valence-electron chi connectivity index (χ2n) is 2.73. The van der Waals surface area contributed by atoms with Crippen molar-refractivity contribution in [2.45, 2.75) is 20.0 Å². The molecule has 3 heteroatoms. The second kappa shape index (κ2) is 4.83. The van der Waals surface area contributed by atoms with Crippen molar-refractivity contribution in [1.82, 2.24) is 0 Å². The van der Waals surface area contributed by atoms with Crippen LogP contribution in [0.3, 0.4) is 0 Å². The fourth-order valence-electron chi connectivity index (χ4n) is 0.777. The summed E-state index contributed by atoms with van der Waals surface area (Å²) in [5.74, 6) is 0.752. The van der Waals surface area contributed by atoms with E-state index in [1.165, 1.54) is 0 Å². The monoisotopic (exact) mass is 170 g/mol. The van der Waals surface area contributed by atoms with Gasteiger partial charge in [0.1, 0.15) is 12.9 Å². The Morgan fingerprint density at radius 3 is 2.83 bits per heavy atom. The lowest BCUT2D eigenvalue weighted by Crippen LogP contribution is -2.10. The fourth-order valence-corrected chi connectivity index (χ4v) is 0.777. The SMILES string of the molecule is CC(C)OCCOc1ccoc1. The molecule has 0 spiro atoms. The summed E-state index contributed by atoms with van der Waals surface area (Å²) in [5, 5.41) is 0. The van der Waals surface area contributed by atoms with Gasteiger partial charge in [-0.1, -0.05) is 0 Å². The first-order chi connectivity index (χ1) is 5.79. The molecule has 0 fully saturated rings. The quantitative estimate of drug-likeness (QED) is 0.634. The van der Waals surface area contributed by atoms with Crippen LogP contribution >= 0.6 is 0 Å². The molecular weight excluding hydrogens is 156 g/mol. The Bertz CT molecular complexity index is 192. The zero-order chi connectivity index (χ0) is 8.81. The third-order valence-corrected chi connectivity index (χ3v) is 1.30. The van der Waals surface area contributed by atoms with Gasteiger partial charge in [0.2, 0.25) is 0 Å². The van der Waals surface area contributed by atoms with Crippen molar-refractivity contribution in [3.8, 4) is 5.75 Å². The third kappa shape index (κ3) is 3.44. The zero-order valence-electron chi connectivity index (χ0n) is 7.45. The highest BCUT2D eigenvalue weighted by Crippen LogP contribution is 2.09. The average molecular weight is 170 g/mol. The van der Waals surface area contributed by atoms with Crippen LogP contribution in [0.25, 0.3) is 0 Å². The summed E-state index contributed by atoms with van der Waals surface area (Å²) >= 11 is 0. The van der Waals surface area contributed by atoms with Crippen molar-refractivity contribution in [2.24, 2.45) is 0 Å². The smallest absolute Gasteiger partial charge is 0.157 e. The maximum Gasteiger partial charge on any atom is 0.157 e. The van der Waals surface area contributed by atoms with E-state index < -0.39 is 0 Å². The summed E-state index contributed by atoms with van der Waals surface area (Å²) in [5.41, 5.74) is 0. The summed E-state index contributed by atoms with van der Waals surface area (Å²) in [4.78, 5) is 0. The molecule has 0 saturated heterocycles. The van der Waals surface area contributed by atoms with E-state index in [2.05, 4.69) is 0 Å². The van der Waals surface area contributed by atoms with Crippen molar-refractivity contribution in [3.05, 3.63) is 18.6 Å². The van der Waals surface area contributed by atoms with Gasteiger partial charge in [0, 0.05) is 6.07 Å². The Balaban J connectivity index is 2.04. The van der Waals surface area contributed by atoms with Gasteiger partial charge in [-0.05, 0) is 13.8 Å². The molecule has 0 saturated carbocycles. The molecule has 3 nitrogen and oxygen atoms in total. The van der Waals surface area contributed by atoms with Gasteiger partial charge in [-0.3, -0.25) is 0 Å². The first-order valence-electron chi connectivity index (χ1n) is 4.05. The van der Waals surface area contributed by atoms with Crippen molar-refractivity contribution < 1.29 is 13.9 Å². The molecule has 0 amide bonds. The zero-order valence-corrected chi connectivity index (χ0v) is 7.45. The van der Waals surface area contributed by atoms with Crippen molar-refractivity contribution in [3.63, 3.8) is 0 Å². The van der Waals surface area contributed by atoms with Crippen molar-refractivity contribution >= 4 is 0 Å². The molecule has 0 unspecified atom stereocenters. The van der Waals surface area contributed by atoms with Crippen LogP contribution in [0.4, 0.5) is 0 Å². The summed E-state index contributed by atoms with van der Waals surface area (Å²) in [7, 11) is 0. The molecule has 0 aliphatic carbocycles. The van der Waals surface area contributed by atoms with Crippen LogP contribution in [0.15, 0.2) is 23.0 Å². The van der Waals surface area contributed by atoms with Gasteiger partial charge in [-0.25, -0.2) is 0 Å². The molecular formula is C9H14O3. The van der Waals surface area contributed by atoms with Crippen LogP contribution in [0.2, 0.25) is 0 Å². The van der Waals surface area contributed by atoms with Crippen LogP contribution < -0.4 is 4.74 Å². The molecule has 1 rings (SSSR count). The lowest BCUT2D eigenvalue weighted by atomic mass is 10.5. The number of hydrogen-bond donors (Lipinski definition) is 0. The van der Waals surface area contributed by atoms with Crippen LogP contribution in [0.5, 0.6) is 5.75 Å². The van der Waals surface area contributed by atoms with Crippen molar-refractivity contribution in [2.75, 3.05) is 13.2 Å². The third-order valence-electron chi connectivity index (χ3n) is 1.30. The van der Waals surface area contributed by atoms with Gasteiger partial charge in [-0.15, -0.1) is 0 Å². The number of furan rings is 1. The predicted octanol–water partition coefficient (Wildman–Crippen LogP) is 2.08. The summed E-state index contributed by atoms with van der Waals surface area (Å²) in [6.07, 6.45) is 3.41. The van der Waals surface area contributed by atoms with E-state index in [4.69, 9.17) is 13.9 Å². The van der Waals surface area contributed by atoms with Gasteiger partial charge in [0.05, 0.1) is 19.0 Å². The first kappa shape index (κ1) is 9.13. The van der Waals surface area contributed by atoms with E-state index >= 15 is 0 Å². The van der Waals surface area contributed by atoms with Crippen LogP contribution in [-0.2, 0) is 4.74 Å². The minimum absolute atomic E-state index is 0.262. The van der Waals surface area contributed by atoms with Gasteiger partial charge >= 0.3 is 0 Å². The van der Waals surface area contributed by atoms with E-state index in [-0.39, 0.29) is 6.10 Å². The molecule has 1 aromatic heterocycles. The minimum atomic E-state index is 0.262. The molecule has 0 atom stereocenters. The van der Waals surface area contributed by atoms with Gasteiger partial charge in [-0.2, -0.15) is 0 Å². The Morgan fingerprint density at radius 2 is 2.25 bits per heavy atom. The Labute approximate surface area is 72.3 Å². The topological polar surface area (TPSA) is 31.6 Å². The summed E-state index contributed by atoms with van der Waals surface area (Å²) in [6.45, 7) is 5.18. The maximum absolute atomic E-state index is 5.28. The molecule has 0 bridgehead atoms. The molecule has 0 radical (unpaired) electrons. The highest BCUT2D eigenvalue weighted by molar-refractivity contribution is 5.12. The van der Waals surface area contributed by atoms with Crippen LogP contribution in [-0.4, -0.2) is 19.3 Å². The van der Waals surface area contributed by atoms with Gasteiger partial charge < -0.3 is 13.9 Å².